The lowest BCUT2D eigenvalue weighted by molar-refractivity contribution is 0.602. The average molecular weight is 451 g/mol. The van der Waals surface area contributed by atoms with Crippen LogP contribution in [0.4, 0.5) is 11.8 Å². The monoisotopic (exact) mass is 450 g/mol. The summed E-state index contributed by atoms with van der Waals surface area (Å²) in [6, 6.07) is 6.70. The lowest BCUT2D eigenvalue weighted by atomic mass is 10.2. The van der Waals surface area contributed by atoms with E-state index >= 15 is 0 Å². The van der Waals surface area contributed by atoms with Crippen molar-refractivity contribution in [2.24, 2.45) is 17.8 Å². The highest BCUT2D eigenvalue weighted by molar-refractivity contribution is 7.90. The number of anilines is 2. The number of nitrogens with one attached hydrogen (secondary N) is 1. The highest BCUT2D eigenvalue weighted by Crippen LogP contribution is 2.52. The average Bonchev–Trinajstić information content (AvgIpc) is 3.26. The van der Waals surface area contributed by atoms with Gasteiger partial charge in [-0.1, -0.05) is 19.1 Å². The van der Waals surface area contributed by atoms with Crippen molar-refractivity contribution in [3.63, 3.8) is 0 Å². The summed E-state index contributed by atoms with van der Waals surface area (Å²) in [6.07, 6.45) is 9.45. The van der Waals surface area contributed by atoms with Crippen LogP contribution in [0.15, 0.2) is 53.9 Å². The molecule has 1 aromatic carbocycles. The number of aromatic nitrogens is 4. The Morgan fingerprint density at radius 2 is 1.66 bits per heavy atom. The smallest absolute Gasteiger partial charge is 0.225 e. The second-order valence-corrected chi connectivity index (χ2v) is 10.6. The standard InChI is InChI=1S/C23H26N6O2S/c1-3-15-8-27-23(28-9-15)29-13-19-18(20(19)14-29)10-25-22-12-24-21(11-26-22)16-4-6-17(7-5-16)32(2,30)31/h4-9,11-12,18-20H,3,10,13-14H2,1-2H3,(H,25,26)/t18-,19-,20?/m0/s1. The fraction of sp³-hybridized carbons (Fsp3) is 0.391. The highest BCUT2D eigenvalue weighted by atomic mass is 32.2. The molecule has 2 aromatic heterocycles. The number of piperidine rings is 1. The molecule has 8 nitrogen and oxygen atoms in total. The van der Waals surface area contributed by atoms with Crippen LogP contribution in [0.25, 0.3) is 11.3 Å². The fourth-order valence-electron chi connectivity index (χ4n) is 4.47. The minimum Gasteiger partial charge on any atom is -0.368 e. The van der Waals surface area contributed by atoms with E-state index in [4.69, 9.17) is 0 Å². The number of aryl methyl sites for hydroxylation is 1. The van der Waals surface area contributed by atoms with E-state index in [1.807, 2.05) is 12.4 Å². The maximum Gasteiger partial charge on any atom is 0.225 e. The maximum atomic E-state index is 11.6. The van der Waals surface area contributed by atoms with Crippen LogP contribution in [0.2, 0.25) is 0 Å². The Morgan fingerprint density at radius 1 is 0.969 bits per heavy atom. The molecule has 0 amide bonds. The second kappa shape index (κ2) is 8.12. The van der Waals surface area contributed by atoms with E-state index in [1.54, 1.807) is 36.7 Å². The Kier molecular flexibility index (Phi) is 5.28. The van der Waals surface area contributed by atoms with Crippen molar-refractivity contribution in [3.8, 4) is 11.3 Å². The molecule has 2 fully saturated rings. The van der Waals surface area contributed by atoms with Gasteiger partial charge >= 0.3 is 0 Å². The summed E-state index contributed by atoms with van der Waals surface area (Å²) < 4.78 is 23.2. The van der Waals surface area contributed by atoms with Crippen LogP contribution in [0, 0.1) is 17.8 Å². The van der Waals surface area contributed by atoms with Crippen molar-refractivity contribution in [3.05, 3.63) is 54.6 Å². The number of nitrogens with zero attached hydrogens (tertiary/aromatic N) is 5. The summed E-state index contributed by atoms with van der Waals surface area (Å²) in [5.41, 5.74) is 2.71. The van der Waals surface area contributed by atoms with Crippen LogP contribution in [-0.4, -0.2) is 54.2 Å². The molecule has 3 atom stereocenters. The largest absolute Gasteiger partial charge is 0.368 e. The first-order valence-corrected chi connectivity index (χ1v) is 12.7. The molecule has 5 rings (SSSR count). The normalized spacial score (nSPS) is 21.9. The van der Waals surface area contributed by atoms with E-state index in [2.05, 4.69) is 37.1 Å². The Hall–Kier alpha value is -3.07. The minimum absolute atomic E-state index is 0.297. The minimum atomic E-state index is -3.20. The summed E-state index contributed by atoms with van der Waals surface area (Å²) >= 11 is 0. The van der Waals surface area contributed by atoms with Crippen molar-refractivity contribution in [1.82, 2.24) is 19.9 Å². The molecule has 2 aliphatic rings. The van der Waals surface area contributed by atoms with Gasteiger partial charge in [0.05, 0.1) is 23.0 Å². The summed E-state index contributed by atoms with van der Waals surface area (Å²) in [6.45, 7) is 5.01. The van der Waals surface area contributed by atoms with Gasteiger partial charge in [-0.15, -0.1) is 0 Å². The van der Waals surface area contributed by atoms with Crippen LogP contribution in [0.5, 0.6) is 0 Å². The van der Waals surface area contributed by atoms with Gasteiger partial charge in [0, 0.05) is 43.8 Å². The first-order valence-electron chi connectivity index (χ1n) is 10.8. The lowest BCUT2D eigenvalue weighted by Gasteiger charge is -2.19. The zero-order valence-electron chi connectivity index (χ0n) is 18.1. The molecule has 9 heteroatoms. The van der Waals surface area contributed by atoms with Gasteiger partial charge in [0.25, 0.3) is 0 Å². The topological polar surface area (TPSA) is 101 Å². The quantitative estimate of drug-likeness (QED) is 0.586. The SMILES string of the molecule is CCc1cnc(N2CC3[C@@H](CNc4cnc(-c5ccc(S(C)(=O)=O)cc5)cn4)[C@@H]3C2)nc1. The van der Waals surface area contributed by atoms with Crippen LogP contribution in [0.3, 0.4) is 0 Å². The Balaban J connectivity index is 1.13. The molecule has 3 heterocycles. The third kappa shape index (κ3) is 4.17. The van der Waals surface area contributed by atoms with Crippen molar-refractivity contribution >= 4 is 21.6 Å². The van der Waals surface area contributed by atoms with Gasteiger partial charge in [-0.2, -0.15) is 0 Å². The molecule has 166 valence electrons. The number of rotatable bonds is 7. The molecule has 1 N–H and O–H groups in total. The second-order valence-electron chi connectivity index (χ2n) is 8.61. The first kappa shape index (κ1) is 20.8. The zero-order valence-corrected chi connectivity index (χ0v) is 19.0. The summed E-state index contributed by atoms with van der Waals surface area (Å²) in [4.78, 5) is 20.6. The third-order valence-electron chi connectivity index (χ3n) is 6.50. The summed E-state index contributed by atoms with van der Waals surface area (Å²) in [7, 11) is -3.20. The molecule has 3 aromatic rings. The maximum absolute atomic E-state index is 11.6. The number of hydrogen-bond acceptors (Lipinski definition) is 8. The van der Waals surface area contributed by atoms with Gasteiger partial charge in [0.1, 0.15) is 5.82 Å². The predicted molar refractivity (Wildman–Crippen MR) is 123 cm³/mol. The van der Waals surface area contributed by atoms with Crippen molar-refractivity contribution in [2.75, 3.05) is 36.1 Å². The molecule has 32 heavy (non-hydrogen) atoms. The van der Waals surface area contributed by atoms with Crippen LogP contribution in [-0.2, 0) is 16.3 Å². The van der Waals surface area contributed by atoms with E-state index in [1.165, 1.54) is 11.8 Å². The highest BCUT2D eigenvalue weighted by Gasteiger charge is 2.55. The number of sulfone groups is 1. The van der Waals surface area contributed by atoms with E-state index < -0.39 is 9.84 Å². The molecule has 1 unspecified atom stereocenters. The Bertz CT molecular complexity index is 1180. The zero-order chi connectivity index (χ0) is 22.3. The van der Waals surface area contributed by atoms with E-state index in [0.717, 1.165) is 43.4 Å². The molecule has 1 saturated carbocycles. The molecule has 0 spiro atoms. The molecule has 1 aliphatic carbocycles. The number of benzene rings is 1. The van der Waals surface area contributed by atoms with Crippen LogP contribution < -0.4 is 10.2 Å². The lowest BCUT2D eigenvalue weighted by Crippen LogP contribution is -2.27. The van der Waals surface area contributed by atoms with Gasteiger partial charge in [-0.25, -0.2) is 23.4 Å². The molecule has 1 saturated heterocycles. The molecule has 0 radical (unpaired) electrons. The number of hydrogen-bond donors (Lipinski definition) is 1. The number of fused-ring (bicyclic) bond motifs is 1. The van der Waals surface area contributed by atoms with Gasteiger partial charge in [0.15, 0.2) is 9.84 Å². The van der Waals surface area contributed by atoms with Crippen LogP contribution >= 0.6 is 0 Å². The molecular formula is C23H26N6O2S. The molecule has 1 aliphatic heterocycles. The molecule has 0 bridgehead atoms. The van der Waals surface area contributed by atoms with Gasteiger partial charge < -0.3 is 10.2 Å². The Morgan fingerprint density at radius 3 is 2.22 bits per heavy atom. The summed E-state index contributed by atoms with van der Waals surface area (Å²) in [5.74, 6) is 3.59. The third-order valence-corrected chi connectivity index (χ3v) is 7.63. The van der Waals surface area contributed by atoms with Crippen LogP contribution in [0.1, 0.15) is 12.5 Å². The van der Waals surface area contributed by atoms with E-state index in [-0.39, 0.29) is 0 Å². The predicted octanol–water partition coefficient (Wildman–Crippen LogP) is 2.69. The van der Waals surface area contributed by atoms with Crippen molar-refractivity contribution in [2.45, 2.75) is 18.2 Å². The summed E-state index contributed by atoms with van der Waals surface area (Å²) in [5, 5.41) is 3.41. The van der Waals surface area contributed by atoms with Gasteiger partial charge in [-0.3, -0.25) is 4.98 Å². The molecular weight excluding hydrogens is 424 g/mol. The van der Waals surface area contributed by atoms with Crippen molar-refractivity contribution < 1.29 is 8.42 Å². The van der Waals surface area contributed by atoms with E-state index in [0.29, 0.717) is 28.3 Å². The first-order chi connectivity index (χ1) is 15.4. The van der Waals surface area contributed by atoms with Crippen molar-refractivity contribution in [1.29, 1.82) is 0 Å². The van der Waals surface area contributed by atoms with Gasteiger partial charge in [-0.05, 0) is 41.9 Å². The van der Waals surface area contributed by atoms with Gasteiger partial charge in [0.2, 0.25) is 5.95 Å². The Labute approximate surface area is 188 Å². The fourth-order valence-corrected chi connectivity index (χ4v) is 5.10. The van der Waals surface area contributed by atoms with E-state index in [9.17, 15) is 8.42 Å².